The van der Waals surface area contributed by atoms with Crippen molar-refractivity contribution in [2.45, 2.75) is 37.3 Å². The summed E-state index contributed by atoms with van der Waals surface area (Å²) in [5.41, 5.74) is 1.72. The monoisotopic (exact) mass is 432 g/mol. The summed E-state index contributed by atoms with van der Waals surface area (Å²) >= 11 is 11.9. The molecule has 0 unspecified atom stereocenters. The van der Waals surface area contributed by atoms with Gasteiger partial charge in [0.15, 0.2) is 5.11 Å². The number of benzene rings is 2. The Hall–Kier alpha value is -2.22. The van der Waals surface area contributed by atoms with Gasteiger partial charge in [-0.25, -0.2) is 4.39 Å². The molecule has 0 radical (unpaired) electrons. The number of thiocarbonyl (C=S) groups is 1. The van der Waals surface area contributed by atoms with Crippen molar-refractivity contribution in [3.05, 3.63) is 64.9 Å². The number of aliphatic hydroxyl groups excluding tert-OH is 1. The number of nitrogens with zero attached hydrogens (tertiary/aromatic N) is 2. The van der Waals surface area contributed by atoms with Gasteiger partial charge < -0.3 is 19.6 Å². The summed E-state index contributed by atoms with van der Waals surface area (Å²) in [6.45, 7) is 0.428. The van der Waals surface area contributed by atoms with E-state index >= 15 is 0 Å². The Labute approximate surface area is 177 Å². The van der Waals surface area contributed by atoms with Crippen LogP contribution >= 0.6 is 23.8 Å². The zero-order chi connectivity index (χ0) is 20.3. The molecule has 2 bridgehead atoms. The number of halogens is 2. The molecule has 5 nitrogen and oxygen atoms in total. The van der Waals surface area contributed by atoms with Crippen molar-refractivity contribution >= 4 is 40.6 Å². The minimum atomic E-state index is -0.734. The molecule has 5 atom stereocenters. The van der Waals surface area contributed by atoms with Crippen LogP contribution in [-0.4, -0.2) is 45.4 Å². The van der Waals surface area contributed by atoms with Gasteiger partial charge in [0.05, 0.1) is 24.1 Å². The molecule has 2 aromatic carbocycles. The van der Waals surface area contributed by atoms with E-state index in [1.165, 1.54) is 12.1 Å². The molecule has 3 saturated heterocycles. The van der Waals surface area contributed by atoms with Gasteiger partial charge in [0.25, 0.3) is 0 Å². The first kappa shape index (κ1) is 18.8. The molecule has 8 heteroatoms. The number of hydrogen-bond donors (Lipinski definition) is 1. The van der Waals surface area contributed by atoms with E-state index in [9.17, 15) is 14.3 Å². The normalized spacial score (nSPS) is 30.5. The number of carbonyl (C=O) groups excluding carboxylic acids is 1. The first-order valence-electron chi connectivity index (χ1n) is 9.42. The Kier molecular flexibility index (Phi) is 4.49. The van der Waals surface area contributed by atoms with E-state index in [1.807, 2.05) is 21.9 Å². The van der Waals surface area contributed by atoms with Gasteiger partial charge in [-0.3, -0.25) is 4.79 Å². The Morgan fingerprint density at radius 2 is 1.83 bits per heavy atom. The lowest BCUT2D eigenvalue weighted by Gasteiger charge is -2.49. The summed E-state index contributed by atoms with van der Waals surface area (Å²) in [5.74, 6) is -1.08. The summed E-state index contributed by atoms with van der Waals surface area (Å²) < 4.78 is 18.9. The maximum absolute atomic E-state index is 13.3. The van der Waals surface area contributed by atoms with Crippen molar-refractivity contribution in [3.8, 4) is 0 Å². The van der Waals surface area contributed by atoms with Crippen LogP contribution in [0.5, 0.6) is 0 Å². The number of aliphatic hydroxyl groups is 1. The highest BCUT2D eigenvalue weighted by Gasteiger charge is 2.62. The molecule has 1 N–H and O–H groups in total. The third-order valence-electron chi connectivity index (χ3n) is 6.01. The topological polar surface area (TPSA) is 53.0 Å². The van der Waals surface area contributed by atoms with Gasteiger partial charge in [-0.1, -0.05) is 23.7 Å². The standard InChI is InChI=1S/C21H18ClFN2O3S/c22-12-3-7-14(8-4-12)25-17-15-9-16(26)19(28-20(15)27)18(17)24(21(25)29)10-11-1-5-13(23)6-2-11/h1-8,15-19,26H,9-10H2/t15-,16+,17+,18-,19-/m0/s1. The maximum atomic E-state index is 13.3. The molecular formula is C21H18ClFN2O3S. The fraction of sp³-hybridized carbons (Fsp3) is 0.333. The van der Waals surface area contributed by atoms with E-state index in [-0.39, 0.29) is 23.9 Å². The van der Waals surface area contributed by atoms with E-state index < -0.39 is 18.1 Å². The average Bonchev–Trinajstić information content (AvgIpc) is 2.99. The van der Waals surface area contributed by atoms with Gasteiger partial charge >= 0.3 is 5.97 Å². The highest BCUT2D eigenvalue weighted by atomic mass is 35.5. The van der Waals surface area contributed by atoms with Gasteiger partial charge in [-0.15, -0.1) is 0 Å². The molecule has 0 amide bonds. The molecule has 4 aliphatic rings. The summed E-state index contributed by atoms with van der Waals surface area (Å²) in [6, 6.07) is 13.0. The quantitative estimate of drug-likeness (QED) is 0.594. The lowest BCUT2D eigenvalue weighted by atomic mass is 9.74. The van der Waals surface area contributed by atoms with Gasteiger partial charge in [-0.05, 0) is 60.6 Å². The van der Waals surface area contributed by atoms with Crippen LogP contribution in [0.3, 0.4) is 0 Å². The van der Waals surface area contributed by atoms with Crippen LogP contribution in [0, 0.1) is 11.7 Å². The van der Waals surface area contributed by atoms with Crippen molar-refractivity contribution in [3.63, 3.8) is 0 Å². The van der Waals surface area contributed by atoms with Crippen molar-refractivity contribution in [2.24, 2.45) is 5.92 Å². The largest absolute Gasteiger partial charge is 0.457 e. The summed E-state index contributed by atoms with van der Waals surface area (Å²) in [4.78, 5) is 16.5. The van der Waals surface area contributed by atoms with Crippen LogP contribution in [0.15, 0.2) is 48.5 Å². The molecule has 6 rings (SSSR count). The molecule has 4 fully saturated rings. The third-order valence-corrected chi connectivity index (χ3v) is 6.69. The lowest BCUT2D eigenvalue weighted by Crippen LogP contribution is -2.66. The van der Waals surface area contributed by atoms with Crippen LogP contribution in [0.4, 0.5) is 10.1 Å². The predicted molar refractivity (Wildman–Crippen MR) is 110 cm³/mol. The number of fused-ring (bicyclic) bond motifs is 2. The van der Waals surface area contributed by atoms with Crippen molar-refractivity contribution < 1.29 is 19.0 Å². The molecule has 2 aromatic rings. The number of esters is 1. The number of anilines is 1. The Balaban J connectivity index is 1.56. The van der Waals surface area contributed by atoms with Crippen LogP contribution in [-0.2, 0) is 16.1 Å². The van der Waals surface area contributed by atoms with E-state index in [2.05, 4.69) is 0 Å². The second kappa shape index (κ2) is 6.93. The molecule has 0 spiro atoms. The van der Waals surface area contributed by atoms with Crippen LogP contribution in [0.25, 0.3) is 0 Å². The van der Waals surface area contributed by atoms with Gasteiger partial charge in [0.2, 0.25) is 0 Å². The summed E-state index contributed by atoms with van der Waals surface area (Å²) in [7, 11) is 0. The maximum Gasteiger partial charge on any atom is 0.311 e. The molecule has 3 aliphatic heterocycles. The third kappa shape index (κ3) is 2.99. The second-order valence-corrected chi connectivity index (χ2v) is 8.48. The first-order valence-corrected chi connectivity index (χ1v) is 10.2. The van der Waals surface area contributed by atoms with Crippen LogP contribution in [0.1, 0.15) is 12.0 Å². The summed E-state index contributed by atoms with van der Waals surface area (Å²) in [6.07, 6.45) is -1.04. The highest BCUT2D eigenvalue weighted by molar-refractivity contribution is 7.80. The first-order chi connectivity index (χ1) is 13.9. The fourth-order valence-corrected chi connectivity index (χ4v) is 5.27. The highest BCUT2D eigenvalue weighted by Crippen LogP contribution is 2.46. The molecule has 0 aromatic heterocycles. The molecule has 1 aliphatic carbocycles. The van der Waals surface area contributed by atoms with Gasteiger partial charge in [0, 0.05) is 17.3 Å². The lowest BCUT2D eigenvalue weighted by molar-refractivity contribution is -0.194. The van der Waals surface area contributed by atoms with Gasteiger partial charge in [0.1, 0.15) is 11.9 Å². The Morgan fingerprint density at radius 1 is 1.14 bits per heavy atom. The molecular weight excluding hydrogens is 415 g/mol. The van der Waals surface area contributed by atoms with Crippen LogP contribution in [0.2, 0.25) is 5.02 Å². The molecule has 29 heavy (non-hydrogen) atoms. The SMILES string of the molecule is O=C1O[C@@H]2[C@@H]3[C@@H]([C@@H]1C[C@H]2O)N(c1ccc(Cl)cc1)C(=S)N3Cc1ccc(F)cc1. The number of ether oxygens (including phenoxy) is 1. The van der Waals surface area contributed by atoms with E-state index in [0.29, 0.717) is 23.1 Å². The zero-order valence-electron chi connectivity index (χ0n) is 15.2. The molecule has 1 saturated carbocycles. The number of carbonyl (C=O) groups is 1. The molecule has 3 heterocycles. The average molecular weight is 433 g/mol. The minimum absolute atomic E-state index is 0.237. The van der Waals surface area contributed by atoms with Crippen molar-refractivity contribution in [1.82, 2.24) is 4.90 Å². The predicted octanol–water partition coefficient (Wildman–Crippen LogP) is 3.13. The van der Waals surface area contributed by atoms with Crippen LogP contribution < -0.4 is 4.90 Å². The van der Waals surface area contributed by atoms with E-state index in [4.69, 9.17) is 28.6 Å². The van der Waals surface area contributed by atoms with E-state index in [0.717, 1.165) is 11.3 Å². The number of hydrogen-bond acceptors (Lipinski definition) is 4. The summed E-state index contributed by atoms with van der Waals surface area (Å²) in [5, 5.41) is 11.7. The second-order valence-electron chi connectivity index (χ2n) is 7.68. The van der Waals surface area contributed by atoms with Crippen molar-refractivity contribution in [2.75, 3.05) is 4.90 Å². The van der Waals surface area contributed by atoms with Gasteiger partial charge in [-0.2, -0.15) is 0 Å². The number of rotatable bonds is 3. The fourth-order valence-electron chi connectivity index (χ4n) is 4.73. The van der Waals surface area contributed by atoms with E-state index in [1.54, 1.807) is 24.3 Å². The Morgan fingerprint density at radius 3 is 2.52 bits per heavy atom. The minimum Gasteiger partial charge on any atom is -0.457 e. The zero-order valence-corrected chi connectivity index (χ0v) is 16.8. The van der Waals surface area contributed by atoms with Crippen molar-refractivity contribution in [1.29, 1.82) is 0 Å². The molecule has 150 valence electrons. The Bertz CT molecular complexity index is 971. The smallest absolute Gasteiger partial charge is 0.311 e.